The van der Waals surface area contributed by atoms with Gasteiger partial charge in [-0.3, -0.25) is 0 Å². The molecule has 0 N–H and O–H groups in total. The monoisotopic (exact) mass is 254 g/mol. The van der Waals surface area contributed by atoms with Gasteiger partial charge in [0.15, 0.2) is 0 Å². The second-order valence-electron chi connectivity index (χ2n) is 3.50. The first-order valence-electron chi connectivity index (χ1n) is 5.79. The Balaban J connectivity index is 2.61. The summed E-state index contributed by atoms with van der Waals surface area (Å²) in [6.45, 7) is 2.75. The van der Waals surface area contributed by atoms with Crippen LogP contribution in [0.1, 0.15) is 30.1 Å². The zero-order valence-corrected chi connectivity index (χ0v) is 10.9. The minimum absolute atomic E-state index is 0.336. The fraction of sp³-hybridized carbons (Fsp3) is 0.462. The molecule has 0 aliphatic heterocycles. The highest BCUT2D eigenvalue weighted by Crippen LogP contribution is 2.19. The van der Waals surface area contributed by atoms with Crippen molar-refractivity contribution in [1.29, 1.82) is 0 Å². The normalized spacial score (nSPS) is 10.0. The molecule has 0 spiro atoms. The summed E-state index contributed by atoms with van der Waals surface area (Å²) in [5.74, 6) is 1.10. The Labute approximate surface area is 108 Å². The van der Waals surface area contributed by atoms with Gasteiger partial charge < -0.3 is 9.47 Å². The smallest absolute Gasteiger partial charge is 0.341 e. The first-order valence-corrected chi connectivity index (χ1v) is 6.42. The zero-order chi connectivity index (χ0) is 12.5. The number of para-hydroxylation sites is 1. The molecule has 0 saturated carbocycles. The van der Waals surface area contributed by atoms with Crippen molar-refractivity contribution in [1.82, 2.24) is 0 Å². The minimum atomic E-state index is -0.336. The predicted octanol–water partition coefficient (Wildman–Crippen LogP) is 2.95. The molecule has 94 valence electrons. The Morgan fingerprint density at radius 3 is 2.76 bits per heavy atom. The molecule has 0 aliphatic carbocycles. The number of carbonyl (C=O) groups is 1. The van der Waals surface area contributed by atoms with E-state index in [0.717, 1.165) is 18.6 Å². The Morgan fingerprint density at radius 2 is 2.06 bits per heavy atom. The van der Waals surface area contributed by atoms with Gasteiger partial charge in [0.05, 0.1) is 13.2 Å². The number of unbranched alkanes of at least 4 members (excludes halogenated alkanes) is 1. The quantitative estimate of drug-likeness (QED) is 0.461. The molecule has 0 aliphatic rings. The standard InChI is InChI=1S/C13H18O3S/c1-2-15-13(14)11-7-3-4-8-12(11)16-9-5-6-10-17/h3-4,7-8,17H,2,5-6,9-10H2,1H3. The van der Waals surface area contributed by atoms with Crippen LogP contribution < -0.4 is 4.74 Å². The molecule has 17 heavy (non-hydrogen) atoms. The second kappa shape index (κ2) is 8.01. The first kappa shape index (κ1) is 13.9. The molecule has 0 fully saturated rings. The van der Waals surface area contributed by atoms with Crippen LogP contribution in [0.2, 0.25) is 0 Å². The highest BCUT2D eigenvalue weighted by atomic mass is 32.1. The van der Waals surface area contributed by atoms with Gasteiger partial charge in [0, 0.05) is 0 Å². The average molecular weight is 254 g/mol. The maximum Gasteiger partial charge on any atom is 0.341 e. The van der Waals surface area contributed by atoms with Gasteiger partial charge in [0.25, 0.3) is 0 Å². The number of rotatable bonds is 7. The SMILES string of the molecule is CCOC(=O)c1ccccc1OCCCCS. The van der Waals surface area contributed by atoms with Gasteiger partial charge >= 0.3 is 5.97 Å². The summed E-state index contributed by atoms with van der Waals surface area (Å²) in [5.41, 5.74) is 0.486. The number of hydrogen-bond acceptors (Lipinski definition) is 4. The highest BCUT2D eigenvalue weighted by Gasteiger charge is 2.12. The summed E-state index contributed by atoms with van der Waals surface area (Å²) in [6, 6.07) is 7.14. The van der Waals surface area contributed by atoms with Crippen molar-refractivity contribution in [3.8, 4) is 5.75 Å². The molecular weight excluding hydrogens is 236 g/mol. The number of ether oxygens (including phenoxy) is 2. The van der Waals surface area contributed by atoms with E-state index in [4.69, 9.17) is 9.47 Å². The van der Waals surface area contributed by atoms with E-state index in [9.17, 15) is 4.79 Å². The van der Waals surface area contributed by atoms with E-state index in [1.807, 2.05) is 6.07 Å². The van der Waals surface area contributed by atoms with E-state index < -0.39 is 0 Å². The molecule has 0 amide bonds. The van der Waals surface area contributed by atoms with Crippen LogP contribution in [0.4, 0.5) is 0 Å². The maximum atomic E-state index is 11.6. The van der Waals surface area contributed by atoms with Crippen molar-refractivity contribution in [3.63, 3.8) is 0 Å². The average Bonchev–Trinajstić information content (AvgIpc) is 2.35. The van der Waals surface area contributed by atoms with Crippen molar-refractivity contribution in [2.24, 2.45) is 0 Å². The van der Waals surface area contributed by atoms with E-state index in [1.165, 1.54) is 0 Å². The van der Waals surface area contributed by atoms with E-state index in [0.29, 0.717) is 24.5 Å². The van der Waals surface area contributed by atoms with Gasteiger partial charge in [-0.15, -0.1) is 0 Å². The van der Waals surface area contributed by atoms with Crippen LogP contribution in [0.3, 0.4) is 0 Å². The molecule has 3 nitrogen and oxygen atoms in total. The number of thiol groups is 1. The molecule has 0 saturated heterocycles. The van der Waals surface area contributed by atoms with Crippen LogP contribution in [0.15, 0.2) is 24.3 Å². The van der Waals surface area contributed by atoms with Crippen molar-refractivity contribution >= 4 is 18.6 Å². The fourth-order valence-electron chi connectivity index (χ4n) is 1.37. The Morgan fingerprint density at radius 1 is 1.29 bits per heavy atom. The third kappa shape index (κ3) is 4.69. The van der Waals surface area contributed by atoms with Gasteiger partial charge in [-0.05, 0) is 37.7 Å². The van der Waals surface area contributed by atoms with Crippen LogP contribution in [0, 0.1) is 0 Å². The number of hydrogen-bond donors (Lipinski definition) is 1. The molecule has 4 heteroatoms. The lowest BCUT2D eigenvalue weighted by atomic mass is 10.2. The fourth-order valence-corrected chi connectivity index (χ4v) is 1.59. The van der Waals surface area contributed by atoms with Gasteiger partial charge in [0.2, 0.25) is 0 Å². The second-order valence-corrected chi connectivity index (χ2v) is 3.94. The lowest BCUT2D eigenvalue weighted by Crippen LogP contribution is -2.08. The molecule has 0 radical (unpaired) electrons. The molecule has 0 bridgehead atoms. The van der Waals surface area contributed by atoms with Crippen molar-refractivity contribution < 1.29 is 14.3 Å². The van der Waals surface area contributed by atoms with E-state index >= 15 is 0 Å². The minimum Gasteiger partial charge on any atom is -0.493 e. The van der Waals surface area contributed by atoms with Crippen LogP contribution in [0.25, 0.3) is 0 Å². The molecule has 0 aromatic heterocycles. The number of carbonyl (C=O) groups excluding carboxylic acids is 1. The lowest BCUT2D eigenvalue weighted by Gasteiger charge is -2.10. The molecule has 1 rings (SSSR count). The lowest BCUT2D eigenvalue weighted by molar-refractivity contribution is 0.0521. The molecular formula is C13H18O3S. The van der Waals surface area contributed by atoms with Gasteiger partial charge in [-0.2, -0.15) is 12.6 Å². The van der Waals surface area contributed by atoms with Crippen LogP contribution in [0.5, 0.6) is 5.75 Å². The summed E-state index contributed by atoms with van der Waals surface area (Å²) in [7, 11) is 0. The molecule has 0 unspecified atom stereocenters. The summed E-state index contributed by atoms with van der Waals surface area (Å²) in [5, 5.41) is 0. The van der Waals surface area contributed by atoms with E-state index in [2.05, 4.69) is 12.6 Å². The van der Waals surface area contributed by atoms with Crippen molar-refractivity contribution in [2.45, 2.75) is 19.8 Å². The zero-order valence-electron chi connectivity index (χ0n) is 10.0. The maximum absolute atomic E-state index is 11.6. The number of esters is 1. The Kier molecular flexibility index (Phi) is 6.55. The Hall–Kier alpha value is -1.16. The third-order valence-corrected chi connectivity index (χ3v) is 2.51. The topological polar surface area (TPSA) is 35.5 Å². The highest BCUT2D eigenvalue weighted by molar-refractivity contribution is 7.80. The van der Waals surface area contributed by atoms with E-state index in [-0.39, 0.29) is 5.97 Å². The van der Waals surface area contributed by atoms with Gasteiger partial charge in [0.1, 0.15) is 11.3 Å². The van der Waals surface area contributed by atoms with Gasteiger partial charge in [-0.25, -0.2) is 4.79 Å². The van der Waals surface area contributed by atoms with Crippen LogP contribution in [-0.2, 0) is 4.74 Å². The van der Waals surface area contributed by atoms with Gasteiger partial charge in [-0.1, -0.05) is 12.1 Å². The van der Waals surface area contributed by atoms with Crippen LogP contribution in [-0.4, -0.2) is 24.9 Å². The molecule has 0 atom stereocenters. The number of benzene rings is 1. The summed E-state index contributed by atoms with van der Waals surface area (Å²) >= 11 is 4.13. The van der Waals surface area contributed by atoms with Crippen LogP contribution >= 0.6 is 12.6 Å². The third-order valence-electron chi connectivity index (χ3n) is 2.19. The largest absolute Gasteiger partial charge is 0.493 e. The predicted molar refractivity (Wildman–Crippen MR) is 71.0 cm³/mol. The Bertz CT molecular complexity index is 352. The first-order chi connectivity index (χ1) is 8.29. The van der Waals surface area contributed by atoms with Crippen molar-refractivity contribution in [3.05, 3.63) is 29.8 Å². The molecule has 1 aromatic carbocycles. The molecule has 0 heterocycles. The summed E-state index contributed by atoms with van der Waals surface area (Å²) in [4.78, 5) is 11.6. The summed E-state index contributed by atoms with van der Waals surface area (Å²) < 4.78 is 10.5. The molecule has 1 aromatic rings. The van der Waals surface area contributed by atoms with Crippen molar-refractivity contribution in [2.75, 3.05) is 19.0 Å². The summed E-state index contributed by atoms with van der Waals surface area (Å²) in [6.07, 6.45) is 1.94. The van der Waals surface area contributed by atoms with E-state index in [1.54, 1.807) is 25.1 Å².